The van der Waals surface area contributed by atoms with E-state index >= 15 is 0 Å². The number of para-hydroxylation sites is 1. The van der Waals surface area contributed by atoms with Crippen molar-refractivity contribution in [2.45, 2.75) is 6.54 Å². The SMILES string of the molecule is CN(Cc1ccccc1)C(=O)C(=O)Nc1ccc(Nc2ccccc2)cc1. The van der Waals surface area contributed by atoms with Crippen LogP contribution in [-0.2, 0) is 16.1 Å². The third kappa shape index (κ3) is 5.19. The number of carbonyl (C=O) groups excluding carboxylic acids is 2. The standard InChI is InChI=1S/C22H21N3O2/c1-25(16-17-8-4-2-5-9-17)22(27)21(26)24-20-14-12-19(13-15-20)23-18-10-6-3-7-11-18/h2-15,23H,16H2,1H3,(H,24,26). The number of nitrogens with one attached hydrogen (secondary N) is 2. The summed E-state index contributed by atoms with van der Waals surface area (Å²) in [4.78, 5) is 25.9. The van der Waals surface area contributed by atoms with Crippen LogP contribution in [0.5, 0.6) is 0 Å². The Hall–Kier alpha value is -3.60. The van der Waals surface area contributed by atoms with Gasteiger partial charge in [0.1, 0.15) is 0 Å². The smallest absolute Gasteiger partial charge is 0.313 e. The number of likely N-dealkylation sites (N-methyl/N-ethyl adjacent to an activating group) is 1. The lowest BCUT2D eigenvalue weighted by Crippen LogP contribution is -2.36. The van der Waals surface area contributed by atoms with Crippen LogP contribution in [-0.4, -0.2) is 23.8 Å². The molecule has 3 aromatic rings. The zero-order valence-electron chi connectivity index (χ0n) is 15.1. The Morgan fingerprint density at radius 1 is 0.741 bits per heavy atom. The zero-order valence-corrected chi connectivity index (χ0v) is 15.1. The molecule has 0 atom stereocenters. The Bertz CT molecular complexity index is 894. The van der Waals surface area contributed by atoms with Crippen molar-refractivity contribution in [2.75, 3.05) is 17.7 Å². The number of hydrogen-bond donors (Lipinski definition) is 2. The summed E-state index contributed by atoms with van der Waals surface area (Å²) < 4.78 is 0. The van der Waals surface area contributed by atoms with E-state index in [1.165, 1.54) is 4.90 Å². The molecule has 0 saturated carbocycles. The Morgan fingerprint density at radius 3 is 1.89 bits per heavy atom. The van der Waals surface area contributed by atoms with Crippen molar-refractivity contribution >= 4 is 28.9 Å². The highest BCUT2D eigenvalue weighted by molar-refractivity contribution is 6.39. The highest BCUT2D eigenvalue weighted by Gasteiger charge is 2.18. The zero-order chi connectivity index (χ0) is 19.1. The van der Waals surface area contributed by atoms with Crippen LogP contribution in [0.4, 0.5) is 17.1 Å². The molecule has 2 amide bonds. The topological polar surface area (TPSA) is 61.4 Å². The van der Waals surface area contributed by atoms with E-state index in [2.05, 4.69) is 10.6 Å². The first-order chi connectivity index (χ1) is 13.1. The van der Waals surface area contributed by atoms with Crippen LogP contribution in [0.3, 0.4) is 0 Å². The summed E-state index contributed by atoms with van der Waals surface area (Å²) in [5, 5.41) is 5.91. The molecule has 0 fully saturated rings. The van der Waals surface area contributed by atoms with Gasteiger partial charge >= 0.3 is 11.8 Å². The monoisotopic (exact) mass is 359 g/mol. The van der Waals surface area contributed by atoms with E-state index in [1.54, 1.807) is 19.2 Å². The highest BCUT2D eigenvalue weighted by Crippen LogP contribution is 2.18. The molecule has 5 nitrogen and oxygen atoms in total. The number of anilines is 3. The molecule has 5 heteroatoms. The van der Waals surface area contributed by atoms with E-state index in [9.17, 15) is 9.59 Å². The number of benzene rings is 3. The van der Waals surface area contributed by atoms with Crippen LogP contribution in [0.2, 0.25) is 0 Å². The van der Waals surface area contributed by atoms with Gasteiger partial charge in [-0.1, -0.05) is 48.5 Å². The third-order valence-corrected chi connectivity index (χ3v) is 4.01. The van der Waals surface area contributed by atoms with Crippen molar-refractivity contribution in [3.05, 3.63) is 90.5 Å². The lowest BCUT2D eigenvalue weighted by atomic mass is 10.2. The summed E-state index contributed by atoms with van der Waals surface area (Å²) in [6, 6.07) is 26.6. The molecule has 136 valence electrons. The van der Waals surface area contributed by atoms with E-state index in [0.29, 0.717) is 12.2 Å². The number of carbonyl (C=O) groups is 2. The van der Waals surface area contributed by atoms with Gasteiger partial charge in [-0.3, -0.25) is 9.59 Å². The first-order valence-electron chi connectivity index (χ1n) is 8.64. The average molecular weight is 359 g/mol. The second-order valence-corrected chi connectivity index (χ2v) is 6.17. The molecule has 0 aliphatic rings. The maximum absolute atomic E-state index is 12.3. The van der Waals surface area contributed by atoms with Gasteiger partial charge in [-0.25, -0.2) is 0 Å². The summed E-state index contributed by atoms with van der Waals surface area (Å²) in [5.41, 5.74) is 3.41. The van der Waals surface area contributed by atoms with Gasteiger partial charge in [0.2, 0.25) is 0 Å². The van der Waals surface area contributed by atoms with Crippen molar-refractivity contribution < 1.29 is 9.59 Å². The second kappa shape index (κ2) is 8.67. The van der Waals surface area contributed by atoms with Gasteiger partial charge in [0.25, 0.3) is 0 Å². The van der Waals surface area contributed by atoms with Crippen molar-refractivity contribution in [1.29, 1.82) is 0 Å². The third-order valence-electron chi connectivity index (χ3n) is 4.01. The van der Waals surface area contributed by atoms with E-state index < -0.39 is 11.8 Å². The van der Waals surface area contributed by atoms with Gasteiger partial charge in [0.15, 0.2) is 0 Å². The quantitative estimate of drug-likeness (QED) is 0.676. The molecule has 0 aromatic heterocycles. The van der Waals surface area contributed by atoms with E-state index in [-0.39, 0.29) is 0 Å². The van der Waals surface area contributed by atoms with E-state index in [0.717, 1.165) is 16.9 Å². The molecule has 27 heavy (non-hydrogen) atoms. The Balaban J connectivity index is 1.56. The van der Waals surface area contributed by atoms with E-state index in [1.807, 2.05) is 72.8 Å². The molecule has 3 aromatic carbocycles. The summed E-state index contributed by atoms with van der Waals surface area (Å²) in [6.07, 6.45) is 0. The minimum Gasteiger partial charge on any atom is -0.356 e. The fourth-order valence-corrected chi connectivity index (χ4v) is 2.61. The minimum atomic E-state index is -0.655. The molecule has 0 unspecified atom stereocenters. The number of rotatable bonds is 5. The largest absolute Gasteiger partial charge is 0.356 e. The van der Waals surface area contributed by atoms with Crippen LogP contribution in [0.1, 0.15) is 5.56 Å². The fourth-order valence-electron chi connectivity index (χ4n) is 2.61. The predicted molar refractivity (Wildman–Crippen MR) is 108 cm³/mol. The van der Waals surface area contributed by atoms with Gasteiger partial charge in [0.05, 0.1) is 0 Å². The van der Waals surface area contributed by atoms with E-state index in [4.69, 9.17) is 0 Å². The lowest BCUT2D eigenvalue weighted by Gasteiger charge is -2.17. The maximum atomic E-state index is 12.3. The van der Waals surface area contributed by atoms with Crippen LogP contribution < -0.4 is 10.6 Å². The van der Waals surface area contributed by atoms with Crippen molar-refractivity contribution in [3.63, 3.8) is 0 Å². The summed E-state index contributed by atoms with van der Waals surface area (Å²) in [5.74, 6) is -1.23. The number of nitrogens with zero attached hydrogens (tertiary/aromatic N) is 1. The molecule has 0 spiro atoms. The molecular formula is C22H21N3O2. The van der Waals surface area contributed by atoms with Crippen molar-refractivity contribution in [2.24, 2.45) is 0 Å². The Labute approximate surface area is 158 Å². The van der Waals surface area contributed by atoms with Gasteiger partial charge in [-0.2, -0.15) is 0 Å². The van der Waals surface area contributed by atoms with Crippen LogP contribution in [0, 0.1) is 0 Å². The van der Waals surface area contributed by atoms with Gasteiger partial charge < -0.3 is 15.5 Å². The average Bonchev–Trinajstić information content (AvgIpc) is 2.70. The van der Waals surface area contributed by atoms with Gasteiger partial charge in [-0.05, 0) is 42.0 Å². The number of hydrogen-bond acceptors (Lipinski definition) is 3. The van der Waals surface area contributed by atoms with Crippen LogP contribution in [0.25, 0.3) is 0 Å². The molecule has 0 heterocycles. The van der Waals surface area contributed by atoms with Crippen LogP contribution in [0.15, 0.2) is 84.9 Å². The molecule has 3 rings (SSSR count). The first-order valence-corrected chi connectivity index (χ1v) is 8.64. The summed E-state index contributed by atoms with van der Waals surface area (Å²) >= 11 is 0. The number of amides is 2. The fraction of sp³-hybridized carbons (Fsp3) is 0.0909. The second-order valence-electron chi connectivity index (χ2n) is 6.17. The maximum Gasteiger partial charge on any atom is 0.313 e. The molecular weight excluding hydrogens is 338 g/mol. The molecule has 0 aliphatic heterocycles. The van der Waals surface area contributed by atoms with Crippen molar-refractivity contribution in [3.8, 4) is 0 Å². The molecule has 0 radical (unpaired) electrons. The predicted octanol–water partition coefficient (Wildman–Crippen LogP) is 4.03. The highest BCUT2D eigenvalue weighted by atomic mass is 16.2. The van der Waals surface area contributed by atoms with Crippen molar-refractivity contribution in [1.82, 2.24) is 4.90 Å². The molecule has 0 saturated heterocycles. The normalized spacial score (nSPS) is 10.1. The molecule has 2 N–H and O–H groups in total. The summed E-state index contributed by atoms with van der Waals surface area (Å²) in [7, 11) is 1.61. The molecule has 0 bridgehead atoms. The van der Waals surface area contributed by atoms with Gasteiger partial charge in [-0.15, -0.1) is 0 Å². The molecule has 0 aliphatic carbocycles. The Kier molecular flexibility index (Phi) is 5.84. The summed E-state index contributed by atoms with van der Waals surface area (Å²) in [6.45, 7) is 0.382. The minimum absolute atomic E-state index is 0.382. The van der Waals surface area contributed by atoms with Crippen LogP contribution >= 0.6 is 0 Å². The first kappa shape index (κ1) is 18.2. The lowest BCUT2D eigenvalue weighted by molar-refractivity contribution is -0.142. The van der Waals surface area contributed by atoms with Gasteiger partial charge in [0, 0.05) is 30.7 Å². The Morgan fingerprint density at radius 2 is 1.26 bits per heavy atom.